The Morgan fingerprint density at radius 3 is 2.70 bits per heavy atom. The third-order valence-corrected chi connectivity index (χ3v) is 4.16. The molecule has 4 nitrogen and oxygen atoms in total. The Balaban J connectivity index is 2.25. The highest BCUT2D eigenvalue weighted by Crippen LogP contribution is 2.43. The molecule has 0 aliphatic carbocycles. The van der Waals surface area contributed by atoms with Crippen molar-refractivity contribution in [2.75, 3.05) is 0 Å². The van der Waals surface area contributed by atoms with E-state index in [-0.39, 0.29) is 23.2 Å². The summed E-state index contributed by atoms with van der Waals surface area (Å²) < 4.78 is 1.63. The summed E-state index contributed by atoms with van der Waals surface area (Å²) in [7, 11) is 0. The van der Waals surface area contributed by atoms with E-state index in [1.54, 1.807) is 4.57 Å². The summed E-state index contributed by atoms with van der Waals surface area (Å²) in [4.78, 5) is 17.0. The van der Waals surface area contributed by atoms with Gasteiger partial charge in [0.05, 0.1) is 17.1 Å². The van der Waals surface area contributed by atoms with Gasteiger partial charge in [0.15, 0.2) is 0 Å². The molecule has 0 spiro atoms. The minimum Gasteiger partial charge on any atom is -0.274 e. The molecule has 0 saturated heterocycles. The summed E-state index contributed by atoms with van der Waals surface area (Å²) in [6, 6.07) is 9.92. The maximum absolute atomic E-state index is 12.5. The number of fused-ring (bicyclic) bond motifs is 3. The van der Waals surface area contributed by atoms with Crippen molar-refractivity contribution in [3.05, 3.63) is 30.1 Å². The van der Waals surface area contributed by atoms with Crippen LogP contribution < -0.4 is 0 Å². The van der Waals surface area contributed by atoms with Crippen LogP contribution in [0.2, 0.25) is 0 Å². The van der Waals surface area contributed by atoms with Gasteiger partial charge in [0.2, 0.25) is 5.91 Å². The molecule has 1 aromatic heterocycles. The molecule has 2 aromatic rings. The molecular weight excluding hydrogens is 250 g/mol. The molecule has 0 saturated carbocycles. The predicted molar refractivity (Wildman–Crippen MR) is 76.3 cm³/mol. The Morgan fingerprint density at radius 2 is 2.05 bits per heavy atom. The Labute approximate surface area is 118 Å². The van der Waals surface area contributed by atoms with Gasteiger partial charge >= 0.3 is 0 Å². The molecule has 0 radical (unpaired) electrons. The molecule has 102 valence electrons. The first-order chi connectivity index (χ1) is 9.43. The second-order valence-electron chi connectivity index (χ2n) is 6.47. The van der Waals surface area contributed by atoms with Crippen LogP contribution in [0.5, 0.6) is 0 Å². The van der Waals surface area contributed by atoms with E-state index in [0.29, 0.717) is 12.2 Å². The van der Waals surface area contributed by atoms with Crippen LogP contribution in [0.4, 0.5) is 0 Å². The Kier molecular flexibility index (Phi) is 2.68. The van der Waals surface area contributed by atoms with Gasteiger partial charge in [0.1, 0.15) is 11.7 Å². The fourth-order valence-electron chi connectivity index (χ4n) is 3.05. The van der Waals surface area contributed by atoms with Crippen molar-refractivity contribution in [3.8, 4) is 6.07 Å². The second kappa shape index (κ2) is 4.17. The molecule has 20 heavy (non-hydrogen) atoms. The summed E-state index contributed by atoms with van der Waals surface area (Å²) in [6.07, 6.45) is 0.398. The molecule has 0 fully saturated rings. The van der Waals surface area contributed by atoms with E-state index in [1.807, 2.05) is 24.3 Å². The summed E-state index contributed by atoms with van der Waals surface area (Å²) in [6.45, 7) is 6.23. The average molecular weight is 267 g/mol. The smallest absolute Gasteiger partial charge is 0.232 e. The minimum absolute atomic E-state index is 0.00399. The lowest BCUT2D eigenvalue weighted by Gasteiger charge is -2.36. The van der Waals surface area contributed by atoms with Gasteiger partial charge in [-0.3, -0.25) is 9.36 Å². The molecule has 2 heterocycles. The van der Waals surface area contributed by atoms with E-state index in [9.17, 15) is 10.1 Å². The number of nitrogens with zero attached hydrogens (tertiary/aromatic N) is 3. The van der Waals surface area contributed by atoms with Gasteiger partial charge in [-0.25, -0.2) is 4.98 Å². The molecule has 1 aromatic carbocycles. The number of nitriles is 1. The lowest BCUT2D eigenvalue weighted by atomic mass is 9.70. The van der Waals surface area contributed by atoms with Crippen LogP contribution in [-0.4, -0.2) is 15.5 Å². The number of rotatable bonds is 0. The van der Waals surface area contributed by atoms with Crippen LogP contribution in [0, 0.1) is 22.7 Å². The van der Waals surface area contributed by atoms with Crippen molar-refractivity contribution in [1.82, 2.24) is 9.55 Å². The zero-order valence-electron chi connectivity index (χ0n) is 11.9. The van der Waals surface area contributed by atoms with Gasteiger partial charge in [-0.05, 0) is 23.5 Å². The predicted octanol–water partition coefficient (Wildman–Crippen LogP) is 3.35. The lowest BCUT2D eigenvalue weighted by Crippen LogP contribution is -2.36. The number of para-hydroxylation sites is 2. The number of hydrogen-bond acceptors (Lipinski definition) is 3. The topological polar surface area (TPSA) is 58.7 Å². The summed E-state index contributed by atoms with van der Waals surface area (Å²) in [5, 5.41) is 9.57. The Bertz CT molecular complexity index is 730. The molecule has 3 rings (SSSR count). The zero-order chi connectivity index (χ0) is 14.5. The van der Waals surface area contributed by atoms with Crippen molar-refractivity contribution in [1.29, 1.82) is 5.26 Å². The average Bonchev–Trinajstić information content (AvgIpc) is 2.77. The van der Waals surface area contributed by atoms with Crippen molar-refractivity contribution >= 4 is 16.9 Å². The lowest BCUT2D eigenvalue weighted by molar-refractivity contribution is 0.0774. The van der Waals surface area contributed by atoms with Crippen LogP contribution >= 0.6 is 0 Å². The first-order valence-corrected chi connectivity index (χ1v) is 6.83. The fourth-order valence-corrected chi connectivity index (χ4v) is 3.05. The van der Waals surface area contributed by atoms with Gasteiger partial charge in [0, 0.05) is 6.42 Å². The summed E-state index contributed by atoms with van der Waals surface area (Å²) >= 11 is 0. The van der Waals surface area contributed by atoms with Crippen LogP contribution in [0.15, 0.2) is 24.3 Å². The van der Waals surface area contributed by atoms with Crippen LogP contribution in [0.1, 0.15) is 43.7 Å². The highest BCUT2D eigenvalue weighted by Gasteiger charge is 2.42. The third-order valence-electron chi connectivity index (χ3n) is 4.16. The second-order valence-corrected chi connectivity index (χ2v) is 6.47. The number of carbonyl (C=O) groups is 1. The molecule has 2 unspecified atom stereocenters. The maximum atomic E-state index is 12.5. The van der Waals surface area contributed by atoms with Gasteiger partial charge in [-0.15, -0.1) is 0 Å². The zero-order valence-corrected chi connectivity index (χ0v) is 11.9. The fraction of sp³-hybridized carbons (Fsp3) is 0.438. The molecule has 0 amide bonds. The highest BCUT2D eigenvalue weighted by molar-refractivity contribution is 5.92. The third kappa shape index (κ3) is 1.74. The monoisotopic (exact) mass is 267 g/mol. The molecule has 2 atom stereocenters. The van der Waals surface area contributed by atoms with Gasteiger partial charge < -0.3 is 0 Å². The van der Waals surface area contributed by atoms with Gasteiger partial charge in [0.25, 0.3) is 0 Å². The van der Waals surface area contributed by atoms with Crippen LogP contribution in [-0.2, 0) is 0 Å². The number of imidazole rings is 1. The largest absolute Gasteiger partial charge is 0.274 e. The van der Waals surface area contributed by atoms with Crippen molar-refractivity contribution in [2.45, 2.75) is 33.1 Å². The van der Waals surface area contributed by atoms with Crippen LogP contribution in [0.3, 0.4) is 0 Å². The maximum Gasteiger partial charge on any atom is 0.232 e. The van der Waals surface area contributed by atoms with E-state index in [2.05, 4.69) is 31.8 Å². The first-order valence-electron chi connectivity index (χ1n) is 6.83. The first kappa shape index (κ1) is 12.9. The molecule has 0 N–H and O–H groups in total. The SMILES string of the molecule is CC(C)(C)C1CC(=O)n2c(nc3ccccc32)C1C#N. The normalized spacial score (nSPS) is 22.6. The Hall–Kier alpha value is -2.15. The van der Waals surface area contributed by atoms with E-state index in [1.165, 1.54) is 0 Å². The van der Waals surface area contributed by atoms with Gasteiger partial charge in [-0.1, -0.05) is 32.9 Å². The van der Waals surface area contributed by atoms with E-state index < -0.39 is 0 Å². The Morgan fingerprint density at radius 1 is 1.35 bits per heavy atom. The molecule has 1 aliphatic heterocycles. The number of benzene rings is 1. The molecule has 0 bridgehead atoms. The molecular formula is C16H17N3O. The number of hydrogen-bond donors (Lipinski definition) is 0. The summed E-state index contributed by atoms with van der Waals surface area (Å²) in [5.41, 5.74) is 1.49. The quantitative estimate of drug-likeness (QED) is 0.735. The van der Waals surface area contributed by atoms with E-state index in [4.69, 9.17) is 0 Å². The standard InChI is InChI=1S/C16H17N3O/c1-16(2,3)11-8-14(20)19-13-7-5-4-6-12(13)18-15(19)10(11)9-17/h4-7,10-11H,8H2,1-3H3. The highest BCUT2D eigenvalue weighted by atomic mass is 16.2. The van der Waals surface area contributed by atoms with Crippen LogP contribution in [0.25, 0.3) is 11.0 Å². The minimum atomic E-state index is -0.333. The van der Waals surface area contributed by atoms with Gasteiger partial charge in [-0.2, -0.15) is 5.26 Å². The number of aromatic nitrogens is 2. The van der Waals surface area contributed by atoms with E-state index >= 15 is 0 Å². The summed E-state index contributed by atoms with van der Waals surface area (Å²) in [5.74, 6) is 0.314. The molecule has 4 heteroatoms. The molecule has 1 aliphatic rings. The van der Waals surface area contributed by atoms with E-state index in [0.717, 1.165) is 11.0 Å². The van der Waals surface area contributed by atoms with Crippen molar-refractivity contribution in [3.63, 3.8) is 0 Å². The van der Waals surface area contributed by atoms with Crippen molar-refractivity contribution in [2.24, 2.45) is 11.3 Å². The number of carbonyl (C=O) groups excluding carboxylic acids is 1. The van der Waals surface area contributed by atoms with Crippen molar-refractivity contribution < 1.29 is 4.79 Å².